The number of fused-ring (bicyclic) bond motifs is 1. The molecule has 1 aliphatic heterocycles. The number of rotatable bonds is 4. The monoisotopic (exact) mass is 487 g/mol. The number of H-pyrrole nitrogens is 1. The van der Waals surface area contributed by atoms with E-state index in [4.69, 9.17) is 16.3 Å². The van der Waals surface area contributed by atoms with Crippen LogP contribution >= 0.6 is 11.6 Å². The number of amides is 1. The standard InChI is InChI=1S/C27H22ClN3O4/c1-14-9-10-19-20(13-14)30-27(29-19)31-22(16-7-5-4-6-8-16)21(24(33)26(31)34)23(32)17-11-15(2)12-18(28)25(17)35-3/h4-13,22,32H,1-3H3,(H,29,30)/b23-21+. The van der Waals surface area contributed by atoms with Crippen LogP contribution < -0.4 is 9.64 Å². The maximum absolute atomic E-state index is 13.4. The van der Waals surface area contributed by atoms with Gasteiger partial charge in [0.25, 0.3) is 5.78 Å². The van der Waals surface area contributed by atoms with Gasteiger partial charge >= 0.3 is 5.91 Å². The quantitative estimate of drug-likeness (QED) is 0.226. The second kappa shape index (κ2) is 8.60. The summed E-state index contributed by atoms with van der Waals surface area (Å²) in [4.78, 5) is 35.8. The number of anilines is 1. The van der Waals surface area contributed by atoms with Gasteiger partial charge in [-0.2, -0.15) is 0 Å². The molecule has 1 fully saturated rings. The normalized spacial score (nSPS) is 17.4. The van der Waals surface area contributed by atoms with Gasteiger partial charge in [0.1, 0.15) is 11.5 Å². The van der Waals surface area contributed by atoms with E-state index in [1.165, 1.54) is 12.0 Å². The Labute approximate surface area is 206 Å². The van der Waals surface area contributed by atoms with Crippen molar-refractivity contribution in [1.82, 2.24) is 9.97 Å². The summed E-state index contributed by atoms with van der Waals surface area (Å²) < 4.78 is 5.42. The van der Waals surface area contributed by atoms with Crippen molar-refractivity contribution >= 4 is 46.0 Å². The van der Waals surface area contributed by atoms with Gasteiger partial charge < -0.3 is 14.8 Å². The molecular formula is C27H22ClN3O4. The van der Waals surface area contributed by atoms with Crippen LogP contribution in [0.25, 0.3) is 16.8 Å². The molecule has 35 heavy (non-hydrogen) atoms. The highest BCUT2D eigenvalue weighted by Gasteiger charge is 2.48. The average molecular weight is 488 g/mol. The number of nitrogens with zero attached hydrogens (tertiary/aromatic N) is 2. The van der Waals surface area contributed by atoms with Gasteiger partial charge in [-0.3, -0.25) is 14.5 Å². The Hall–Kier alpha value is -4.10. The largest absolute Gasteiger partial charge is 0.507 e. The first-order chi connectivity index (χ1) is 16.8. The van der Waals surface area contributed by atoms with Crippen LogP contribution in [-0.4, -0.2) is 33.9 Å². The zero-order valence-corrected chi connectivity index (χ0v) is 20.1. The Bertz CT molecular complexity index is 1520. The van der Waals surface area contributed by atoms with Crippen molar-refractivity contribution in [2.24, 2.45) is 0 Å². The van der Waals surface area contributed by atoms with E-state index in [2.05, 4.69) is 9.97 Å². The molecule has 3 aromatic carbocycles. The summed E-state index contributed by atoms with van der Waals surface area (Å²) >= 11 is 6.35. The van der Waals surface area contributed by atoms with Crippen molar-refractivity contribution in [3.63, 3.8) is 0 Å². The minimum Gasteiger partial charge on any atom is -0.507 e. The number of imidazole rings is 1. The smallest absolute Gasteiger partial charge is 0.302 e. The number of ketones is 1. The van der Waals surface area contributed by atoms with Crippen molar-refractivity contribution < 1.29 is 19.4 Å². The number of halogens is 1. The van der Waals surface area contributed by atoms with Crippen LogP contribution in [0.3, 0.4) is 0 Å². The second-order valence-electron chi connectivity index (χ2n) is 8.49. The van der Waals surface area contributed by atoms with E-state index in [0.29, 0.717) is 11.1 Å². The topological polar surface area (TPSA) is 95.5 Å². The summed E-state index contributed by atoms with van der Waals surface area (Å²) in [6, 6.07) is 17.2. The van der Waals surface area contributed by atoms with Crippen LogP contribution in [0.4, 0.5) is 5.95 Å². The molecule has 1 atom stereocenters. The highest BCUT2D eigenvalue weighted by Crippen LogP contribution is 2.44. The first kappa shape index (κ1) is 22.7. The predicted octanol–water partition coefficient (Wildman–Crippen LogP) is 5.47. The van der Waals surface area contributed by atoms with E-state index in [1.54, 1.807) is 24.3 Å². The average Bonchev–Trinajstić information content (AvgIpc) is 3.36. The van der Waals surface area contributed by atoms with Gasteiger partial charge in [0, 0.05) is 0 Å². The first-order valence-corrected chi connectivity index (χ1v) is 11.3. The van der Waals surface area contributed by atoms with E-state index in [9.17, 15) is 14.7 Å². The number of benzene rings is 3. The maximum Gasteiger partial charge on any atom is 0.302 e. The molecule has 1 amide bonds. The van der Waals surface area contributed by atoms with E-state index in [-0.39, 0.29) is 33.6 Å². The Kier molecular flexibility index (Phi) is 5.57. The number of aromatic amines is 1. The number of ether oxygens (including phenoxy) is 1. The molecule has 5 rings (SSSR count). The molecule has 1 aliphatic rings. The van der Waals surface area contributed by atoms with Gasteiger partial charge in [0.15, 0.2) is 0 Å². The van der Waals surface area contributed by atoms with E-state index in [1.807, 2.05) is 50.2 Å². The van der Waals surface area contributed by atoms with Crippen LogP contribution in [0.1, 0.15) is 28.3 Å². The fourth-order valence-corrected chi connectivity index (χ4v) is 4.83. The van der Waals surface area contributed by atoms with Crippen molar-refractivity contribution in [2.75, 3.05) is 12.0 Å². The SMILES string of the molecule is COc1c(Cl)cc(C)cc1/C(O)=C1\C(=O)C(=O)N(c2nc3ccc(C)cc3[nH]2)C1c1ccccc1. The number of hydrogen-bond donors (Lipinski definition) is 2. The molecule has 1 aromatic heterocycles. The molecule has 4 aromatic rings. The number of aliphatic hydroxyl groups is 1. The van der Waals surface area contributed by atoms with Crippen molar-refractivity contribution in [2.45, 2.75) is 19.9 Å². The second-order valence-corrected chi connectivity index (χ2v) is 8.90. The number of aliphatic hydroxyl groups excluding tert-OH is 1. The molecule has 176 valence electrons. The molecule has 0 aliphatic carbocycles. The number of hydrogen-bond acceptors (Lipinski definition) is 5. The first-order valence-electron chi connectivity index (χ1n) is 11.0. The third-order valence-corrected chi connectivity index (χ3v) is 6.34. The molecule has 0 spiro atoms. The molecule has 0 saturated carbocycles. The molecule has 7 nitrogen and oxygen atoms in total. The van der Waals surface area contributed by atoms with Crippen LogP contribution in [0.2, 0.25) is 5.02 Å². The van der Waals surface area contributed by atoms with Gasteiger partial charge in [0.2, 0.25) is 5.95 Å². The molecule has 1 unspecified atom stereocenters. The van der Waals surface area contributed by atoms with Gasteiger partial charge in [-0.1, -0.05) is 48.0 Å². The van der Waals surface area contributed by atoms with Crippen molar-refractivity contribution in [3.05, 3.63) is 93.5 Å². The fraction of sp³-hybridized carbons (Fsp3) is 0.148. The number of carbonyl (C=O) groups excluding carboxylic acids is 2. The molecule has 2 N–H and O–H groups in total. The van der Waals surface area contributed by atoms with Crippen LogP contribution in [0.15, 0.2) is 66.2 Å². The van der Waals surface area contributed by atoms with Crippen LogP contribution in [-0.2, 0) is 9.59 Å². The molecule has 8 heteroatoms. The zero-order valence-electron chi connectivity index (χ0n) is 19.3. The van der Waals surface area contributed by atoms with E-state index >= 15 is 0 Å². The Morgan fingerprint density at radius 3 is 2.51 bits per heavy atom. The van der Waals surface area contributed by atoms with Crippen LogP contribution in [0.5, 0.6) is 5.75 Å². The van der Waals surface area contributed by atoms with E-state index < -0.39 is 17.7 Å². The Morgan fingerprint density at radius 2 is 1.80 bits per heavy atom. The van der Waals surface area contributed by atoms with Gasteiger partial charge in [0.05, 0.1) is 40.3 Å². The van der Waals surface area contributed by atoms with Gasteiger partial charge in [-0.25, -0.2) is 4.98 Å². The molecule has 2 heterocycles. The number of Topliss-reactive ketones (excluding diaryl/α,β-unsaturated/α-hetero) is 1. The fourth-order valence-electron chi connectivity index (χ4n) is 4.48. The summed E-state index contributed by atoms with van der Waals surface area (Å²) in [6.45, 7) is 3.77. The Balaban J connectivity index is 1.77. The third kappa shape index (κ3) is 3.74. The molecule has 0 radical (unpaired) electrons. The maximum atomic E-state index is 13.4. The highest BCUT2D eigenvalue weighted by molar-refractivity contribution is 6.51. The van der Waals surface area contributed by atoms with E-state index in [0.717, 1.165) is 16.6 Å². The number of aromatic nitrogens is 2. The highest BCUT2D eigenvalue weighted by atomic mass is 35.5. The summed E-state index contributed by atoms with van der Waals surface area (Å²) in [5.74, 6) is -1.56. The number of carbonyl (C=O) groups is 2. The summed E-state index contributed by atoms with van der Waals surface area (Å²) in [5.41, 5.74) is 3.98. The number of aryl methyl sites for hydroxylation is 2. The van der Waals surface area contributed by atoms with Gasteiger partial charge in [-0.15, -0.1) is 0 Å². The summed E-state index contributed by atoms with van der Waals surface area (Å²) in [5, 5.41) is 11.7. The third-order valence-electron chi connectivity index (χ3n) is 6.06. The number of nitrogens with one attached hydrogen (secondary N) is 1. The van der Waals surface area contributed by atoms with Crippen LogP contribution in [0, 0.1) is 13.8 Å². The summed E-state index contributed by atoms with van der Waals surface area (Å²) in [7, 11) is 1.43. The molecular weight excluding hydrogens is 466 g/mol. The lowest BCUT2D eigenvalue weighted by atomic mass is 9.94. The lowest BCUT2D eigenvalue weighted by Gasteiger charge is -2.23. The van der Waals surface area contributed by atoms with Crippen molar-refractivity contribution in [1.29, 1.82) is 0 Å². The Morgan fingerprint density at radius 1 is 1.06 bits per heavy atom. The lowest BCUT2D eigenvalue weighted by Crippen LogP contribution is -2.30. The number of methoxy groups -OCH3 is 1. The summed E-state index contributed by atoms with van der Waals surface area (Å²) in [6.07, 6.45) is 0. The molecule has 0 bridgehead atoms. The lowest BCUT2D eigenvalue weighted by molar-refractivity contribution is -0.132. The molecule has 1 saturated heterocycles. The minimum absolute atomic E-state index is 0.0715. The minimum atomic E-state index is -0.915. The zero-order chi connectivity index (χ0) is 24.9. The predicted molar refractivity (Wildman–Crippen MR) is 135 cm³/mol. The van der Waals surface area contributed by atoms with Crippen molar-refractivity contribution in [3.8, 4) is 5.75 Å². The van der Waals surface area contributed by atoms with Gasteiger partial charge in [-0.05, 0) is 54.8 Å².